The zero-order chi connectivity index (χ0) is 17.2. The molecule has 0 radical (unpaired) electrons. The topological polar surface area (TPSA) is 41.6 Å². The van der Waals surface area contributed by atoms with E-state index in [1.165, 1.54) is 32.4 Å². The molecule has 2 aliphatic heterocycles. The molecule has 0 bridgehead atoms. The van der Waals surface area contributed by atoms with Crippen LogP contribution in [0.15, 0.2) is 27.4 Å². The minimum Gasteiger partial charge on any atom is -0.408 e. The maximum Gasteiger partial charge on any atom is 0.420 e. The van der Waals surface area contributed by atoms with Crippen LogP contribution in [0.4, 0.5) is 0 Å². The van der Waals surface area contributed by atoms with Gasteiger partial charge in [-0.1, -0.05) is 18.0 Å². The fourth-order valence-electron chi connectivity index (χ4n) is 4.26. The number of likely N-dealkylation sites (tertiary alicyclic amines) is 2. The summed E-state index contributed by atoms with van der Waals surface area (Å²) >= 11 is 6.13. The van der Waals surface area contributed by atoms with E-state index in [0.717, 1.165) is 44.5 Å². The number of nitrogens with zero attached hydrogens (tertiary/aromatic N) is 3. The fourth-order valence-corrected chi connectivity index (χ4v) is 4.43. The number of piperidine rings is 2. The van der Waals surface area contributed by atoms with Crippen LogP contribution in [0.3, 0.4) is 0 Å². The Bertz CT molecular complexity index is 779. The molecule has 0 N–H and O–H groups in total. The van der Waals surface area contributed by atoms with Crippen LogP contribution >= 0.6 is 11.6 Å². The molecule has 0 unspecified atom stereocenters. The third-order valence-electron chi connectivity index (χ3n) is 5.60. The summed E-state index contributed by atoms with van der Waals surface area (Å²) < 4.78 is 7.23. The maximum atomic E-state index is 12.4. The van der Waals surface area contributed by atoms with E-state index in [-0.39, 0.29) is 11.8 Å². The second kappa shape index (κ2) is 7.52. The van der Waals surface area contributed by atoms with Crippen molar-refractivity contribution in [3.63, 3.8) is 0 Å². The van der Waals surface area contributed by atoms with Gasteiger partial charge in [0.25, 0.3) is 0 Å². The average Bonchev–Trinajstić information content (AvgIpc) is 2.96. The highest BCUT2D eigenvalue weighted by molar-refractivity contribution is 6.31. The SMILES string of the molecule is O=c1oc2ccc(Cl)cc2n1[C@@H]1CCCN(CCN2CCCCC2)C1. The zero-order valence-corrected chi connectivity index (χ0v) is 15.4. The van der Waals surface area contributed by atoms with E-state index in [1.54, 1.807) is 12.1 Å². The molecule has 0 spiro atoms. The highest BCUT2D eigenvalue weighted by atomic mass is 35.5. The summed E-state index contributed by atoms with van der Waals surface area (Å²) in [6.07, 6.45) is 6.17. The van der Waals surface area contributed by atoms with Crippen LogP contribution in [0, 0.1) is 0 Å². The molecule has 0 saturated carbocycles. The summed E-state index contributed by atoms with van der Waals surface area (Å²) in [7, 11) is 0. The van der Waals surface area contributed by atoms with Gasteiger partial charge in [-0.05, 0) is 63.5 Å². The Hall–Kier alpha value is -1.30. The van der Waals surface area contributed by atoms with Crippen molar-refractivity contribution in [3.05, 3.63) is 33.8 Å². The Kier molecular flexibility index (Phi) is 5.15. The van der Waals surface area contributed by atoms with E-state index in [1.807, 2.05) is 10.6 Å². The van der Waals surface area contributed by atoms with Gasteiger partial charge in [0, 0.05) is 24.7 Å². The molecule has 3 heterocycles. The minimum atomic E-state index is -0.264. The van der Waals surface area contributed by atoms with Gasteiger partial charge in [0.05, 0.1) is 11.6 Å². The molecule has 5 nitrogen and oxygen atoms in total. The predicted octanol–water partition coefficient (Wildman–Crippen LogP) is 3.37. The van der Waals surface area contributed by atoms with Gasteiger partial charge in [0.15, 0.2) is 5.58 Å². The van der Waals surface area contributed by atoms with Crippen molar-refractivity contribution >= 4 is 22.7 Å². The molecule has 4 rings (SSSR count). The van der Waals surface area contributed by atoms with Crippen molar-refractivity contribution in [3.8, 4) is 0 Å². The lowest BCUT2D eigenvalue weighted by Gasteiger charge is -2.35. The van der Waals surface area contributed by atoms with Crippen LogP contribution in [0.1, 0.15) is 38.1 Å². The smallest absolute Gasteiger partial charge is 0.408 e. The van der Waals surface area contributed by atoms with Crippen molar-refractivity contribution in [1.82, 2.24) is 14.4 Å². The number of hydrogen-bond acceptors (Lipinski definition) is 4. The molecular weight excluding hydrogens is 338 g/mol. The van der Waals surface area contributed by atoms with E-state index >= 15 is 0 Å². The van der Waals surface area contributed by atoms with Gasteiger partial charge < -0.3 is 14.2 Å². The molecule has 0 aliphatic carbocycles. The summed E-state index contributed by atoms with van der Waals surface area (Å²) in [5.74, 6) is -0.264. The van der Waals surface area contributed by atoms with Crippen molar-refractivity contribution in [2.75, 3.05) is 39.3 Å². The molecule has 25 heavy (non-hydrogen) atoms. The van der Waals surface area contributed by atoms with Crippen LogP contribution in [0.2, 0.25) is 5.02 Å². The first-order chi connectivity index (χ1) is 12.2. The largest absolute Gasteiger partial charge is 0.420 e. The fraction of sp³-hybridized carbons (Fsp3) is 0.632. The summed E-state index contributed by atoms with van der Waals surface area (Å²) in [5.41, 5.74) is 1.44. The summed E-state index contributed by atoms with van der Waals surface area (Å²) in [4.78, 5) is 17.5. The molecular formula is C19H26ClN3O2. The van der Waals surface area contributed by atoms with E-state index in [9.17, 15) is 4.79 Å². The second-order valence-electron chi connectivity index (χ2n) is 7.35. The monoisotopic (exact) mass is 363 g/mol. The summed E-state index contributed by atoms with van der Waals surface area (Å²) in [6, 6.07) is 5.56. The minimum absolute atomic E-state index is 0.169. The second-order valence-corrected chi connectivity index (χ2v) is 7.79. The highest BCUT2D eigenvalue weighted by Crippen LogP contribution is 2.26. The standard InChI is InChI=1S/C19H26ClN3O2/c20-15-6-7-18-17(13-15)23(19(24)25-18)16-5-4-10-22(14-16)12-11-21-8-2-1-3-9-21/h6-7,13,16H,1-5,8-12,14H2/t16-/m1/s1. The third-order valence-corrected chi connectivity index (χ3v) is 5.84. The number of hydrogen-bond donors (Lipinski definition) is 0. The maximum absolute atomic E-state index is 12.4. The molecule has 0 amide bonds. The van der Waals surface area contributed by atoms with Crippen LogP contribution < -0.4 is 5.76 Å². The van der Waals surface area contributed by atoms with Crippen molar-refractivity contribution < 1.29 is 4.42 Å². The average molecular weight is 364 g/mol. The van der Waals surface area contributed by atoms with Crippen LogP contribution in [0.5, 0.6) is 0 Å². The van der Waals surface area contributed by atoms with Gasteiger partial charge in [-0.2, -0.15) is 0 Å². The van der Waals surface area contributed by atoms with Crippen LogP contribution in [0.25, 0.3) is 11.1 Å². The molecule has 1 atom stereocenters. The Morgan fingerprint density at radius 3 is 2.64 bits per heavy atom. The van der Waals surface area contributed by atoms with E-state index < -0.39 is 0 Å². The Balaban J connectivity index is 1.47. The lowest BCUT2D eigenvalue weighted by atomic mass is 10.0. The van der Waals surface area contributed by atoms with Gasteiger partial charge >= 0.3 is 5.76 Å². The van der Waals surface area contributed by atoms with E-state index in [2.05, 4.69) is 9.80 Å². The Labute approximate surface area is 153 Å². The van der Waals surface area contributed by atoms with Gasteiger partial charge in [-0.3, -0.25) is 4.57 Å². The molecule has 2 aromatic rings. The van der Waals surface area contributed by atoms with Gasteiger partial charge in [0.2, 0.25) is 0 Å². The summed E-state index contributed by atoms with van der Waals surface area (Å²) in [6.45, 7) is 6.73. The first-order valence-electron chi connectivity index (χ1n) is 9.46. The van der Waals surface area contributed by atoms with Crippen LogP contribution in [-0.2, 0) is 0 Å². The number of halogens is 1. The van der Waals surface area contributed by atoms with Crippen molar-refractivity contribution in [2.45, 2.75) is 38.1 Å². The van der Waals surface area contributed by atoms with E-state index in [4.69, 9.17) is 16.0 Å². The van der Waals surface area contributed by atoms with Crippen molar-refractivity contribution in [2.24, 2.45) is 0 Å². The van der Waals surface area contributed by atoms with Gasteiger partial charge in [0.1, 0.15) is 0 Å². The molecule has 2 saturated heterocycles. The van der Waals surface area contributed by atoms with Gasteiger partial charge in [-0.15, -0.1) is 0 Å². The number of rotatable bonds is 4. The van der Waals surface area contributed by atoms with Crippen LogP contribution in [-0.4, -0.2) is 53.6 Å². The number of aromatic nitrogens is 1. The molecule has 1 aromatic carbocycles. The summed E-state index contributed by atoms with van der Waals surface area (Å²) in [5, 5.41) is 0.639. The molecule has 6 heteroatoms. The lowest BCUT2D eigenvalue weighted by molar-refractivity contribution is 0.140. The lowest BCUT2D eigenvalue weighted by Crippen LogP contribution is -2.43. The first-order valence-corrected chi connectivity index (χ1v) is 9.84. The first kappa shape index (κ1) is 17.1. The van der Waals surface area contributed by atoms with E-state index in [0.29, 0.717) is 10.6 Å². The normalized spacial score (nSPS) is 23.3. The van der Waals surface area contributed by atoms with Gasteiger partial charge in [-0.25, -0.2) is 4.79 Å². The Morgan fingerprint density at radius 2 is 1.80 bits per heavy atom. The molecule has 1 aromatic heterocycles. The molecule has 136 valence electrons. The third kappa shape index (κ3) is 3.78. The quantitative estimate of drug-likeness (QED) is 0.835. The highest BCUT2D eigenvalue weighted by Gasteiger charge is 2.25. The zero-order valence-electron chi connectivity index (χ0n) is 14.6. The predicted molar refractivity (Wildman–Crippen MR) is 100 cm³/mol. The molecule has 2 fully saturated rings. The molecule has 2 aliphatic rings. The number of fused-ring (bicyclic) bond motifs is 1. The number of oxazole rings is 1. The van der Waals surface area contributed by atoms with Crippen molar-refractivity contribution in [1.29, 1.82) is 0 Å². The Morgan fingerprint density at radius 1 is 1.04 bits per heavy atom. The number of benzene rings is 1.